The van der Waals surface area contributed by atoms with Gasteiger partial charge in [0.2, 0.25) is 0 Å². The molecule has 0 radical (unpaired) electrons. The minimum Gasteiger partial charge on any atom is -0.345 e. The third-order valence-corrected chi connectivity index (χ3v) is 2.50. The first kappa shape index (κ1) is 10.8. The number of rotatable bonds is 0. The van der Waals surface area contributed by atoms with Crippen molar-refractivity contribution in [2.75, 3.05) is 6.54 Å². The van der Waals surface area contributed by atoms with Gasteiger partial charge in [-0.2, -0.15) is 13.2 Å². The van der Waals surface area contributed by atoms with Crippen LogP contribution in [0.4, 0.5) is 13.2 Å². The molecule has 0 saturated heterocycles. The molecular weight excluding hydrogens is 221 g/mol. The van der Waals surface area contributed by atoms with Crippen molar-refractivity contribution in [1.29, 1.82) is 0 Å². The highest BCUT2D eigenvalue weighted by Gasteiger charge is 2.44. The van der Waals surface area contributed by atoms with E-state index in [0.717, 1.165) is 0 Å². The Bertz CT molecular complexity index is 447. The predicted molar refractivity (Wildman–Crippen MR) is 51.2 cm³/mol. The van der Waals surface area contributed by atoms with Crippen molar-refractivity contribution < 1.29 is 18.0 Å². The molecule has 0 aromatic carbocycles. The van der Waals surface area contributed by atoms with Gasteiger partial charge in [-0.25, -0.2) is 0 Å². The van der Waals surface area contributed by atoms with Crippen LogP contribution in [-0.4, -0.2) is 28.1 Å². The molecule has 3 nitrogen and oxygen atoms in total. The van der Waals surface area contributed by atoms with Gasteiger partial charge < -0.3 is 9.47 Å². The summed E-state index contributed by atoms with van der Waals surface area (Å²) < 4.78 is 38.6. The van der Waals surface area contributed by atoms with Crippen LogP contribution in [0.5, 0.6) is 0 Å². The van der Waals surface area contributed by atoms with Crippen LogP contribution in [0.2, 0.25) is 0 Å². The monoisotopic (exact) mass is 230 g/mol. The van der Waals surface area contributed by atoms with Gasteiger partial charge in [0, 0.05) is 19.3 Å². The summed E-state index contributed by atoms with van der Waals surface area (Å²) in [4.78, 5) is 11.8. The molecule has 1 aliphatic heterocycles. The lowest BCUT2D eigenvalue weighted by Gasteiger charge is -2.30. The number of carbonyl (C=O) groups is 1. The topological polar surface area (TPSA) is 25.2 Å². The number of nitrogens with zero attached hydrogens (tertiary/aromatic N) is 2. The molecule has 2 rings (SSSR count). The van der Waals surface area contributed by atoms with Crippen molar-refractivity contribution >= 4 is 11.6 Å². The second kappa shape index (κ2) is 3.40. The van der Waals surface area contributed by atoms with Crippen LogP contribution in [0.3, 0.4) is 0 Å². The molecule has 0 spiro atoms. The van der Waals surface area contributed by atoms with Gasteiger partial charge in [0.25, 0.3) is 0 Å². The third-order valence-electron chi connectivity index (χ3n) is 2.50. The highest BCUT2D eigenvalue weighted by atomic mass is 19.4. The Morgan fingerprint density at radius 1 is 1.38 bits per heavy atom. The average Bonchev–Trinajstić information content (AvgIpc) is 2.64. The van der Waals surface area contributed by atoms with E-state index in [9.17, 15) is 18.0 Å². The Kier molecular flexibility index (Phi) is 2.29. The minimum atomic E-state index is -4.85. The zero-order chi connectivity index (χ0) is 11.9. The molecule has 1 aromatic heterocycles. The van der Waals surface area contributed by atoms with E-state index in [1.54, 1.807) is 22.9 Å². The number of alkyl halides is 3. The lowest BCUT2D eigenvalue weighted by molar-refractivity contribution is -0.182. The molecule has 16 heavy (non-hydrogen) atoms. The maximum absolute atomic E-state index is 12.3. The first-order chi connectivity index (χ1) is 7.41. The molecule has 0 unspecified atom stereocenters. The minimum absolute atomic E-state index is 0.00113. The quantitative estimate of drug-likeness (QED) is 0.667. The fourth-order valence-electron chi connectivity index (χ4n) is 1.73. The first-order valence-corrected chi connectivity index (χ1v) is 4.64. The van der Waals surface area contributed by atoms with E-state index in [-0.39, 0.29) is 12.2 Å². The summed E-state index contributed by atoms with van der Waals surface area (Å²) >= 11 is 0. The zero-order valence-corrected chi connectivity index (χ0v) is 8.29. The van der Waals surface area contributed by atoms with Crippen molar-refractivity contribution in [3.63, 3.8) is 0 Å². The van der Waals surface area contributed by atoms with E-state index in [1.165, 1.54) is 0 Å². The van der Waals surface area contributed by atoms with Gasteiger partial charge in [0.05, 0.1) is 11.4 Å². The SMILES string of the molecule is C=C1c2cccn2CCN1C(=O)C(F)(F)F. The van der Waals surface area contributed by atoms with E-state index in [4.69, 9.17) is 0 Å². The zero-order valence-electron chi connectivity index (χ0n) is 8.29. The highest BCUT2D eigenvalue weighted by Crippen LogP contribution is 2.28. The molecule has 1 amide bonds. The van der Waals surface area contributed by atoms with Crippen LogP contribution in [-0.2, 0) is 11.3 Å². The smallest absolute Gasteiger partial charge is 0.345 e. The van der Waals surface area contributed by atoms with Gasteiger partial charge in [0.1, 0.15) is 0 Å². The highest BCUT2D eigenvalue weighted by molar-refractivity contribution is 5.90. The normalized spacial score (nSPS) is 16.2. The number of halogens is 3. The fraction of sp³-hybridized carbons (Fsp3) is 0.300. The van der Waals surface area contributed by atoms with Crippen molar-refractivity contribution in [3.05, 3.63) is 30.6 Å². The fourth-order valence-corrected chi connectivity index (χ4v) is 1.73. The van der Waals surface area contributed by atoms with Crippen LogP contribution in [0.1, 0.15) is 5.69 Å². The van der Waals surface area contributed by atoms with Gasteiger partial charge in [0.15, 0.2) is 0 Å². The van der Waals surface area contributed by atoms with E-state index >= 15 is 0 Å². The van der Waals surface area contributed by atoms with Gasteiger partial charge in [-0.05, 0) is 12.1 Å². The average molecular weight is 230 g/mol. The van der Waals surface area contributed by atoms with Gasteiger partial charge in [-0.15, -0.1) is 0 Å². The first-order valence-electron chi connectivity index (χ1n) is 4.64. The third kappa shape index (κ3) is 1.60. The number of amides is 1. The number of fused-ring (bicyclic) bond motifs is 1. The van der Waals surface area contributed by atoms with Crippen LogP contribution in [0.25, 0.3) is 5.70 Å². The summed E-state index contributed by atoms with van der Waals surface area (Å²) in [6.45, 7) is 3.88. The van der Waals surface area contributed by atoms with E-state index in [0.29, 0.717) is 17.1 Å². The molecule has 1 aromatic rings. The molecule has 0 N–H and O–H groups in total. The molecule has 0 aliphatic carbocycles. The second-order valence-corrected chi connectivity index (χ2v) is 3.49. The summed E-state index contributed by atoms with van der Waals surface area (Å²) in [6.07, 6.45) is -3.10. The van der Waals surface area contributed by atoms with Crippen molar-refractivity contribution in [2.45, 2.75) is 12.7 Å². The van der Waals surface area contributed by atoms with Gasteiger partial charge in [-0.3, -0.25) is 4.79 Å². The Balaban J connectivity index is 2.29. The molecule has 6 heteroatoms. The second-order valence-electron chi connectivity index (χ2n) is 3.49. The summed E-state index contributed by atoms with van der Waals surface area (Å²) in [6, 6.07) is 3.35. The number of hydrogen-bond acceptors (Lipinski definition) is 1. The Hall–Kier alpha value is -1.72. The molecular formula is C10H9F3N2O. The molecule has 1 aliphatic rings. The van der Waals surface area contributed by atoms with Crippen LogP contribution in [0.15, 0.2) is 24.9 Å². The summed E-state index contributed by atoms with van der Waals surface area (Å²) in [5.41, 5.74) is 0.641. The lowest BCUT2D eigenvalue weighted by atomic mass is 10.2. The number of hydrogen-bond donors (Lipinski definition) is 0. The Morgan fingerprint density at radius 2 is 2.06 bits per heavy atom. The molecule has 0 saturated carbocycles. The molecule has 2 heterocycles. The predicted octanol–water partition coefficient (Wildman–Crippen LogP) is 1.86. The van der Waals surface area contributed by atoms with Crippen molar-refractivity contribution in [3.8, 4) is 0 Å². The Morgan fingerprint density at radius 3 is 2.69 bits per heavy atom. The standard InChI is InChI=1S/C10H9F3N2O/c1-7-8-3-2-4-14(8)5-6-15(7)9(16)10(11,12)13/h2-4H,1,5-6H2. The summed E-state index contributed by atoms with van der Waals surface area (Å²) in [5, 5.41) is 0. The summed E-state index contributed by atoms with van der Waals surface area (Å²) in [7, 11) is 0. The van der Waals surface area contributed by atoms with E-state index in [2.05, 4.69) is 6.58 Å². The lowest BCUT2D eigenvalue weighted by Crippen LogP contribution is -2.43. The largest absolute Gasteiger partial charge is 0.471 e. The summed E-state index contributed by atoms with van der Waals surface area (Å²) in [5.74, 6) is -1.86. The Labute approximate surface area is 89.8 Å². The molecule has 0 bridgehead atoms. The van der Waals surface area contributed by atoms with E-state index < -0.39 is 12.1 Å². The van der Waals surface area contributed by atoms with Crippen LogP contribution < -0.4 is 0 Å². The molecule has 0 atom stereocenters. The maximum atomic E-state index is 12.3. The van der Waals surface area contributed by atoms with Crippen LogP contribution in [0, 0.1) is 0 Å². The molecule has 86 valence electrons. The number of carbonyl (C=O) groups excluding carboxylic acids is 1. The van der Waals surface area contributed by atoms with Crippen LogP contribution >= 0.6 is 0 Å². The van der Waals surface area contributed by atoms with E-state index in [1.807, 2.05) is 0 Å². The van der Waals surface area contributed by atoms with Gasteiger partial charge >= 0.3 is 12.1 Å². The number of aromatic nitrogens is 1. The van der Waals surface area contributed by atoms with Crippen molar-refractivity contribution in [1.82, 2.24) is 9.47 Å². The molecule has 0 fully saturated rings. The van der Waals surface area contributed by atoms with Gasteiger partial charge in [-0.1, -0.05) is 6.58 Å². The maximum Gasteiger partial charge on any atom is 0.471 e. The van der Waals surface area contributed by atoms with Crippen molar-refractivity contribution in [2.24, 2.45) is 0 Å².